The number of nitriles is 1. The van der Waals surface area contributed by atoms with Gasteiger partial charge in [-0.3, -0.25) is 0 Å². The third-order valence-corrected chi connectivity index (χ3v) is 4.97. The summed E-state index contributed by atoms with van der Waals surface area (Å²) in [6.07, 6.45) is 6.76. The first-order valence-corrected chi connectivity index (χ1v) is 7.75. The van der Waals surface area contributed by atoms with Gasteiger partial charge in [0.2, 0.25) is 10.0 Å². The predicted octanol–water partition coefficient (Wildman–Crippen LogP) is 2.31. The van der Waals surface area contributed by atoms with Gasteiger partial charge in [-0.2, -0.15) is 9.57 Å². The Morgan fingerprint density at radius 3 is 2.45 bits per heavy atom. The maximum absolute atomic E-state index is 12.4. The van der Waals surface area contributed by atoms with Crippen LogP contribution >= 0.6 is 0 Å². The number of terminal acetylenes is 1. The number of sulfonamides is 1. The second-order valence-corrected chi connectivity index (χ2v) is 6.57. The Morgan fingerprint density at radius 2 is 1.95 bits per heavy atom. The van der Waals surface area contributed by atoms with Gasteiger partial charge < -0.3 is 0 Å². The molecule has 0 saturated heterocycles. The molecule has 1 aromatic rings. The molecular weight excluding hydrogens is 272 g/mol. The lowest BCUT2D eigenvalue weighted by Gasteiger charge is -2.22. The first-order valence-electron chi connectivity index (χ1n) is 6.31. The van der Waals surface area contributed by atoms with Crippen LogP contribution in [0.1, 0.15) is 24.8 Å². The van der Waals surface area contributed by atoms with Gasteiger partial charge >= 0.3 is 0 Å². The summed E-state index contributed by atoms with van der Waals surface area (Å²) in [5.74, 6) is 2.49. The largest absolute Gasteiger partial charge is 0.244 e. The highest BCUT2D eigenvalue weighted by Gasteiger charge is 2.27. The van der Waals surface area contributed by atoms with Gasteiger partial charge in [0.15, 0.2) is 0 Å². The van der Waals surface area contributed by atoms with E-state index in [0.717, 1.165) is 9.87 Å². The van der Waals surface area contributed by atoms with E-state index in [1.807, 2.05) is 13.0 Å². The monoisotopic (exact) mass is 290 g/mol. The zero-order chi connectivity index (χ0) is 15.2. The molecule has 0 aliphatic carbocycles. The minimum atomic E-state index is -3.65. The van der Waals surface area contributed by atoms with Crippen molar-refractivity contribution in [3.05, 3.63) is 29.8 Å². The van der Waals surface area contributed by atoms with Crippen molar-refractivity contribution in [1.82, 2.24) is 4.31 Å². The van der Waals surface area contributed by atoms with E-state index in [-0.39, 0.29) is 4.90 Å². The fourth-order valence-electron chi connectivity index (χ4n) is 1.77. The Morgan fingerprint density at radius 1 is 1.35 bits per heavy atom. The van der Waals surface area contributed by atoms with Crippen LogP contribution in [-0.2, 0) is 10.0 Å². The molecule has 0 radical (unpaired) electrons. The average Bonchev–Trinajstić information content (AvgIpc) is 2.43. The van der Waals surface area contributed by atoms with Crippen LogP contribution in [0.4, 0.5) is 0 Å². The van der Waals surface area contributed by atoms with Crippen LogP contribution in [0.25, 0.3) is 0 Å². The van der Waals surface area contributed by atoms with E-state index in [9.17, 15) is 8.42 Å². The maximum Gasteiger partial charge on any atom is 0.244 e. The molecule has 0 bridgehead atoms. The van der Waals surface area contributed by atoms with E-state index in [4.69, 9.17) is 11.7 Å². The highest BCUT2D eigenvalue weighted by Crippen LogP contribution is 2.19. The topological polar surface area (TPSA) is 61.2 Å². The van der Waals surface area contributed by atoms with Gasteiger partial charge in [0.25, 0.3) is 0 Å². The first kappa shape index (κ1) is 16.2. The second-order valence-electron chi connectivity index (χ2n) is 4.58. The van der Waals surface area contributed by atoms with Gasteiger partial charge in [0.1, 0.15) is 6.04 Å². The molecule has 0 aromatic heterocycles. The number of hydrogen-bond acceptors (Lipinski definition) is 3. The van der Waals surface area contributed by atoms with Crippen molar-refractivity contribution in [1.29, 1.82) is 5.26 Å². The zero-order valence-corrected chi connectivity index (χ0v) is 12.5. The summed E-state index contributed by atoms with van der Waals surface area (Å²) < 4.78 is 25.9. The predicted molar refractivity (Wildman–Crippen MR) is 78.2 cm³/mol. The SMILES string of the molecule is C#CCCCC(C#N)N(C)S(=O)(=O)c1ccc(C)cc1. The molecule has 0 fully saturated rings. The van der Waals surface area contributed by atoms with Crippen molar-refractivity contribution >= 4 is 10.0 Å². The molecule has 20 heavy (non-hydrogen) atoms. The normalized spacial score (nSPS) is 12.7. The minimum Gasteiger partial charge on any atom is -0.207 e. The Bertz CT molecular complexity index is 621. The molecule has 0 aliphatic rings. The Labute approximate surface area is 121 Å². The van der Waals surface area contributed by atoms with Crippen LogP contribution < -0.4 is 0 Å². The van der Waals surface area contributed by atoms with Gasteiger partial charge in [-0.25, -0.2) is 8.42 Å². The lowest BCUT2D eigenvalue weighted by Crippen LogP contribution is -2.36. The standard InChI is InChI=1S/C15H18N2O2S/c1-4-5-6-7-14(12-16)17(3)20(18,19)15-10-8-13(2)9-11-15/h1,8-11,14H,5-7H2,2-3H3. The van der Waals surface area contributed by atoms with Crippen molar-refractivity contribution in [2.75, 3.05) is 7.05 Å². The Balaban J connectivity index is 2.93. The molecule has 5 heteroatoms. The molecule has 1 atom stereocenters. The summed E-state index contributed by atoms with van der Waals surface area (Å²) in [6, 6.07) is 7.91. The van der Waals surface area contributed by atoms with Gasteiger partial charge in [-0.1, -0.05) is 17.7 Å². The summed E-state index contributed by atoms with van der Waals surface area (Å²) in [4.78, 5) is 0.197. The summed E-state index contributed by atoms with van der Waals surface area (Å²) in [5, 5.41) is 9.14. The maximum atomic E-state index is 12.4. The molecule has 0 heterocycles. The van der Waals surface area contributed by atoms with Crippen molar-refractivity contribution in [2.24, 2.45) is 0 Å². The van der Waals surface area contributed by atoms with E-state index in [1.54, 1.807) is 24.3 Å². The lowest BCUT2D eigenvalue weighted by atomic mass is 10.1. The van der Waals surface area contributed by atoms with Crippen LogP contribution in [0.5, 0.6) is 0 Å². The lowest BCUT2D eigenvalue weighted by molar-refractivity contribution is 0.401. The zero-order valence-electron chi connectivity index (χ0n) is 11.7. The van der Waals surface area contributed by atoms with Crippen molar-refractivity contribution < 1.29 is 8.42 Å². The molecule has 1 unspecified atom stereocenters. The van der Waals surface area contributed by atoms with Crippen LogP contribution in [0.3, 0.4) is 0 Å². The van der Waals surface area contributed by atoms with Gasteiger partial charge in [-0.15, -0.1) is 12.3 Å². The van der Waals surface area contributed by atoms with E-state index >= 15 is 0 Å². The smallest absolute Gasteiger partial charge is 0.207 e. The number of nitrogens with zero attached hydrogens (tertiary/aromatic N) is 2. The number of rotatable bonds is 6. The van der Waals surface area contributed by atoms with E-state index < -0.39 is 16.1 Å². The fraction of sp³-hybridized carbons (Fsp3) is 0.400. The molecule has 0 amide bonds. The van der Waals surface area contributed by atoms with Crippen LogP contribution in [0, 0.1) is 30.6 Å². The van der Waals surface area contributed by atoms with E-state index in [1.165, 1.54) is 7.05 Å². The molecule has 0 saturated carbocycles. The van der Waals surface area contributed by atoms with Gasteiger partial charge in [0, 0.05) is 13.5 Å². The minimum absolute atomic E-state index is 0.197. The molecule has 1 aromatic carbocycles. The summed E-state index contributed by atoms with van der Waals surface area (Å²) in [6.45, 7) is 1.89. The quantitative estimate of drug-likeness (QED) is 0.596. The molecule has 0 spiro atoms. The van der Waals surface area contributed by atoms with Crippen molar-refractivity contribution in [3.63, 3.8) is 0 Å². The highest BCUT2D eigenvalue weighted by molar-refractivity contribution is 7.89. The second kappa shape index (κ2) is 7.09. The van der Waals surface area contributed by atoms with Crippen molar-refractivity contribution in [2.45, 2.75) is 37.1 Å². The average molecular weight is 290 g/mol. The number of hydrogen-bond donors (Lipinski definition) is 0. The summed E-state index contributed by atoms with van der Waals surface area (Å²) in [5.41, 5.74) is 0.984. The summed E-state index contributed by atoms with van der Waals surface area (Å²) >= 11 is 0. The van der Waals surface area contributed by atoms with Crippen LogP contribution in [0.2, 0.25) is 0 Å². The number of unbranched alkanes of at least 4 members (excludes halogenated alkanes) is 1. The fourth-order valence-corrected chi connectivity index (χ4v) is 3.07. The third kappa shape index (κ3) is 3.84. The summed E-state index contributed by atoms with van der Waals surface area (Å²) in [7, 11) is -2.22. The molecule has 4 nitrogen and oxygen atoms in total. The molecule has 0 aliphatic heterocycles. The molecular formula is C15H18N2O2S. The highest BCUT2D eigenvalue weighted by atomic mass is 32.2. The molecule has 106 valence electrons. The van der Waals surface area contributed by atoms with Crippen molar-refractivity contribution in [3.8, 4) is 18.4 Å². The van der Waals surface area contributed by atoms with E-state index in [2.05, 4.69) is 5.92 Å². The molecule has 0 N–H and O–H groups in total. The van der Waals surface area contributed by atoms with Gasteiger partial charge in [0.05, 0.1) is 11.0 Å². The van der Waals surface area contributed by atoms with Crippen LogP contribution in [0.15, 0.2) is 29.2 Å². The Hall–Kier alpha value is -1.82. The van der Waals surface area contributed by atoms with Crippen LogP contribution in [-0.4, -0.2) is 25.8 Å². The van der Waals surface area contributed by atoms with E-state index in [0.29, 0.717) is 19.3 Å². The Kier molecular flexibility index (Phi) is 5.76. The van der Waals surface area contributed by atoms with Gasteiger partial charge in [-0.05, 0) is 31.9 Å². The third-order valence-electron chi connectivity index (χ3n) is 3.08. The number of aryl methyl sites for hydroxylation is 1. The first-order chi connectivity index (χ1) is 9.43. The molecule has 1 rings (SSSR count). The number of benzene rings is 1.